The minimum Gasteiger partial charge on any atom is -0.301 e. The summed E-state index contributed by atoms with van der Waals surface area (Å²) in [5.74, 6) is 6.47. The Balaban J connectivity index is 0. The molecule has 0 aliphatic heterocycles. The van der Waals surface area contributed by atoms with Crippen LogP contribution in [0.4, 0.5) is 0 Å². The Morgan fingerprint density at radius 2 is 0.926 bits per heavy atom. The predicted octanol–water partition coefficient (Wildman–Crippen LogP) is 5.68. The van der Waals surface area contributed by atoms with E-state index >= 15 is 0 Å². The molecule has 2 N–H and O–H groups in total. The van der Waals surface area contributed by atoms with Crippen LogP contribution in [0.2, 0.25) is 37.8 Å². The van der Waals surface area contributed by atoms with E-state index in [1.54, 1.807) is 0 Å². The van der Waals surface area contributed by atoms with Crippen LogP contribution in [-0.4, -0.2) is 40.3 Å². The first kappa shape index (κ1) is 28.7. The molecule has 0 aromatic heterocycles. The number of rotatable bonds is 2. The lowest BCUT2D eigenvalue weighted by molar-refractivity contribution is 0.452. The molecule has 0 unspecified atom stereocenters. The van der Waals surface area contributed by atoms with E-state index in [9.17, 15) is 0 Å². The van der Waals surface area contributed by atoms with E-state index < -0.39 is 16.1 Å². The molecule has 0 spiro atoms. The van der Waals surface area contributed by atoms with Crippen LogP contribution in [-0.2, 0) is 0 Å². The molecule has 0 aromatic carbocycles. The van der Waals surface area contributed by atoms with Gasteiger partial charge in [0.2, 0.25) is 0 Å². The second-order valence-corrected chi connectivity index (χ2v) is 21.7. The summed E-state index contributed by atoms with van der Waals surface area (Å²) in [7, 11) is -2.56. The van der Waals surface area contributed by atoms with Gasteiger partial charge in [0.15, 0.2) is 0 Å². The first-order valence-corrected chi connectivity index (χ1v) is 16.7. The smallest absolute Gasteiger partial charge is 0.137 e. The van der Waals surface area contributed by atoms with Gasteiger partial charge in [-0.15, -0.1) is 11.1 Å². The Bertz CT molecular complexity index is 543. The fraction of sp³-hybridized carbons (Fsp3) is 0.826. The van der Waals surface area contributed by atoms with Crippen molar-refractivity contribution in [3.63, 3.8) is 0 Å². The molecule has 4 heteroatoms. The molecular formula is C23H48N2Si2. The molecule has 0 saturated heterocycles. The molecule has 0 aliphatic carbocycles. The first-order chi connectivity index (χ1) is 11.7. The molecule has 0 rings (SSSR count). The highest BCUT2D eigenvalue weighted by molar-refractivity contribution is 6.87. The van der Waals surface area contributed by atoms with Crippen molar-refractivity contribution in [1.29, 1.82) is 0 Å². The van der Waals surface area contributed by atoms with Gasteiger partial charge >= 0.3 is 0 Å². The van der Waals surface area contributed by atoms with Gasteiger partial charge in [0.25, 0.3) is 0 Å². The lowest BCUT2D eigenvalue weighted by Gasteiger charge is -2.31. The molecule has 0 fully saturated rings. The van der Waals surface area contributed by atoms with E-state index in [0.717, 1.165) is 13.1 Å². The van der Waals surface area contributed by atoms with Gasteiger partial charge in [0.05, 0.1) is 13.1 Å². The van der Waals surface area contributed by atoms with Gasteiger partial charge < -0.3 is 10.6 Å². The molecule has 0 amide bonds. The van der Waals surface area contributed by atoms with Crippen LogP contribution in [0.25, 0.3) is 0 Å². The number of nitrogens with one attached hydrogen (secondary N) is 2. The summed E-state index contributed by atoms with van der Waals surface area (Å²) in [6, 6.07) is 0. The van der Waals surface area contributed by atoms with Crippen LogP contribution in [0.3, 0.4) is 0 Å². The van der Waals surface area contributed by atoms with Crippen molar-refractivity contribution in [1.82, 2.24) is 10.6 Å². The fourth-order valence-electron chi connectivity index (χ4n) is 1.38. The number of hydrogen-bond acceptors (Lipinski definition) is 2. The maximum absolute atomic E-state index is 3.50. The van der Waals surface area contributed by atoms with E-state index in [1.165, 1.54) is 0 Å². The third kappa shape index (κ3) is 20.0. The summed E-state index contributed by atoms with van der Waals surface area (Å²) in [4.78, 5) is 0. The number of hydrogen-bond donors (Lipinski definition) is 2. The van der Waals surface area contributed by atoms with Crippen LogP contribution in [0.5, 0.6) is 0 Å². The Hall–Kier alpha value is -0.526. The molecule has 0 aliphatic rings. The van der Waals surface area contributed by atoms with Crippen molar-refractivity contribution in [2.24, 2.45) is 0 Å². The zero-order valence-corrected chi connectivity index (χ0v) is 22.9. The largest absolute Gasteiger partial charge is 0.301 e. The Kier molecular flexibility index (Phi) is 11.5. The second-order valence-electron chi connectivity index (χ2n) is 11.9. The minimum absolute atomic E-state index is 0.169. The van der Waals surface area contributed by atoms with E-state index in [2.05, 4.69) is 129 Å². The van der Waals surface area contributed by atoms with Gasteiger partial charge in [0.1, 0.15) is 16.1 Å². The van der Waals surface area contributed by atoms with Gasteiger partial charge in [-0.05, 0) is 46.6 Å². The standard InChI is InChI=1S/C13H27NSi.C10H21NSi/c1-12(2,3)14-10-9-11-15(7,8)13(4,5)6;1-10(2,3)11-8-7-9-12(4,5)6/h14H,10H2,1-8H3;11H,8H2,1-6H3. The Labute approximate surface area is 174 Å². The third-order valence-corrected chi connectivity index (χ3v) is 9.63. The monoisotopic (exact) mass is 408 g/mol. The molecule has 158 valence electrons. The van der Waals surface area contributed by atoms with Gasteiger partial charge in [-0.25, -0.2) is 0 Å². The van der Waals surface area contributed by atoms with Crippen molar-refractivity contribution < 1.29 is 0 Å². The average molecular weight is 409 g/mol. The molecule has 27 heavy (non-hydrogen) atoms. The normalized spacial score (nSPS) is 12.8. The van der Waals surface area contributed by atoms with E-state index in [0.29, 0.717) is 5.04 Å². The highest BCUT2D eigenvalue weighted by Crippen LogP contribution is 2.34. The van der Waals surface area contributed by atoms with Crippen molar-refractivity contribution in [2.75, 3.05) is 13.1 Å². The average Bonchev–Trinajstić information content (AvgIpc) is 2.36. The molecule has 0 atom stereocenters. The maximum Gasteiger partial charge on any atom is 0.137 e. The topological polar surface area (TPSA) is 24.1 Å². The van der Waals surface area contributed by atoms with Crippen molar-refractivity contribution in [2.45, 2.75) is 111 Å². The fourth-order valence-corrected chi connectivity index (χ4v) is 2.90. The summed E-state index contributed by atoms with van der Waals surface area (Å²) < 4.78 is 0. The molecule has 0 bridgehead atoms. The summed E-state index contributed by atoms with van der Waals surface area (Å²) in [6.45, 7) is 32.9. The minimum atomic E-state index is -1.40. The highest BCUT2D eigenvalue weighted by atomic mass is 28.3. The summed E-state index contributed by atoms with van der Waals surface area (Å²) in [5, 5.41) is 7.10. The van der Waals surface area contributed by atoms with Crippen molar-refractivity contribution >= 4 is 16.1 Å². The van der Waals surface area contributed by atoms with Crippen LogP contribution in [0.1, 0.15) is 62.3 Å². The molecule has 0 heterocycles. The van der Waals surface area contributed by atoms with Gasteiger partial charge in [-0.3, -0.25) is 0 Å². The molecule has 0 saturated carbocycles. The first-order valence-electron chi connectivity index (χ1n) is 10.2. The summed E-state index contributed by atoms with van der Waals surface area (Å²) >= 11 is 0. The second kappa shape index (κ2) is 10.9. The SMILES string of the molecule is CC(C)(C)NCC#C[Si](C)(C)C.CC(C)(C)NCC#C[Si](C)(C)C(C)(C)C. The van der Waals surface area contributed by atoms with Crippen LogP contribution >= 0.6 is 0 Å². The van der Waals surface area contributed by atoms with E-state index in [4.69, 9.17) is 0 Å². The van der Waals surface area contributed by atoms with Gasteiger partial charge in [0, 0.05) is 11.1 Å². The lowest BCUT2D eigenvalue weighted by Crippen LogP contribution is -2.38. The van der Waals surface area contributed by atoms with Crippen LogP contribution < -0.4 is 10.6 Å². The third-order valence-electron chi connectivity index (χ3n) is 4.15. The van der Waals surface area contributed by atoms with Crippen molar-refractivity contribution in [3.05, 3.63) is 0 Å². The molecule has 0 radical (unpaired) electrons. The van der Waals surface area contributed by atoms with Crippen molar-refractivity contribution in [3.8, 4) is 22.9 Å². The lowest BCUT2D eigenvalue weighted by atomic mass is 10.1. The predicted molar refractivity (Wildman–Crippen MR) is 132 cm³/mol. The van der Waals surface area contributed by atoms with Gasteiger partial charge in [-0.2, -0.15) is 0 Å². The zero-order valence-electron chi connectivity index (χ0n) is 20.9. The summed E-state index contributed by atoms with van der Waals surface area (Å²) in [5.41, 5.74) is 7.18. The molecular weight excluding hydrogens is 360 g/mol. The highest BCUT2D eigenvalue weighted by Gasteiger charge is 2.33. The van der Waals surface area contributed by atoms with E-state index in [-0.39, 0.29) is 11.1 Å². The van der Waals surface area contributed by atoms with Crippen LogP contribution in [0.15, 0.2) is 0 Å². The van der Waals surface area contributed by atoms with E-state index in [1.807, 2.05) is 0 Å². The van der Waals surface area contributed by atoms with Crippen LogP contribution in [0, 0.1) is 22.9 Å². The summed E-state index contributed by atoms with van der Waals surface area (Å²) in [6.07, 6.45) is 0. The molecule has 2 nitrogen and oxygen atoms in total. The maximum atomic E-state index is 3.50. The molecule has 0 aromatic rings. The Morgan fingerprint density at radius 1 is 0.593 bits per heavy atom. The van der Waals surface area contributed by atoms with Gasteiger partial charge in [-0.1, -0.05) is 65.3 Å². The quantitative estimate of drug-likeness (QED) is 0.453. The zero-order chi connectivity index (χ0) is 22.2. The Morgan fingerprint density at radius 3 is 1.19 bits per heavy atom.